The molecule has 0 N–H and O–H groups in total. The van der Waals surface area contributed by atoms with Crippen molar-refractivity contribution in [1.29, 1.82) is 0 Å². The SMILES string of the molecule is C=CC(=O)N1CCN(c2nc(=O)n(-c3c(CC)cccc3CC)c3nc(-c4c(C)ccc5c4C=NC5)c(Cl)cc23)[C@@H](C)C1. The number of hydrogen-bond donors (Lipinski definition) is 0. The number of halogens is 1. The van der Waals surface area contributed by atoms with Crippen molar-refractivity contribution in [2.24, 2.45) is 4.99 Å². The summed E-state index contributed by atoms with van der Waals surface area (Å²) < 4.78 is 1.67. The van der Waals surface area contributed by atoms with Crippen LogP contribution in [0.2, 0.25) is 5.02 Å². The van der Waals surface area contributed by atoms with Crippen molar-refractivity contribution in [2.75, 3.05) is 24.5 Å². The predicted molar refractivity (Wildman–Crippen MR) is 174 cm³/mol. The third-order valence-corrected chi connectivity index (χ3v) is 8.93. The lowest BCUT2D eigenvalue weighted by Crippen LogP contribution is -2.54. The molecule has 0 saturated carbocycles. The quantitative estimate of drug-likeness (QED) is 0.268. The zero-order chi connectivity index (χ0) is 30.4. The molecular formula is C34H35ClN6O2. The minimum Gasteiger partial charge on any atom is -0.350 e. The lowest BCUT2D eigenvalue weighted by atomic mass is 9.95. The number of amides is 1. The number of piperazine rings is 1. The zero-order valence-corrected chi connectivity index (χ0v) is 25.8. The average Bonchev–Trinajstić information content (AvgIpc) is 3.49. The number of fused-ring (bicyclic) bond motifs is 2. The van der Waals surface area contributed by atoms with Gasteiger partial charge < -0.3 is 9.80 Å². The van der Waals surface area contributed by atoms with Crippen molar-refractivity contribution in [3.8, 4) is 16.9 Å². The van der Waals surface area contributed by atoms with Crippen molar-refractivity contribution in [3.05, 3.63) is 92.4 Å². The van der Waals surface area contributed by atoms with Crippen molar-refractivity contribution in [3.63, 3.8) is 0 Å². The van der Waals surface area contributed by atoms with Crippen molar-refractivity contribution in [2.45, 2.75) is 53.1 Å². The molecule has 1 atom stereocenters. The van der Waals surface area contributed by atoms with Gasteiger partial charge in [0.25, 0.3) is 0 Å². The topological polar surface area (TPSA) is 83.7 Å². The Morgan fingerprint density at radius 2 is 1.86 bits per heavy atom. The van der Waals surface area contributed by atoms with Crippen LogP contribution in [-0.2, 0) is 24.2 Å². The molecule has 8 nitrogen and oxygen atoms in total. The number of carbonyl (C=O) groups excluding carboxylic acids is 1. The van der Waals surface area contributed by atoms with Gasteiger partial charge in [-0.3, -0.25) is 9.79 Å². The summed E-state index contributed by atoms with van der Waals surface area (Å²) in [6.07, 6.45) is 4.72. The van der Waals surface area contributed by atoms with Gasteiger partial charge in [-0.2, -0.15) is 4.98 Å². The maximum atomic E-state index is 14.2. The van der Waals surface area contributed by atoms with Crippen molar-refractivity contribution in [1.82, 2.24) is 19.4 Å². The Labute approximate surface area is 256 Å². The van der Waals surface area contributed by atoms with E-state index >= 15 is 0 Å². The Balaban J connectivity index is 1.66. The first-order valence-corrected chi connectivity index (χ1v) is 15.2. The fourth-order valence-corrected chi connectivity index (χ4v) is 6.66. The monoisotopic (exact) mass is 594 g/mol. The van der Waals surface area contributed by atoms with E-state index in [0.29, 0.717) is 53.7 Å². The number of pyridine rings is 1. The largest absolute Gasteiger partial charge is 0.355 e. The molecule has 1 saturated heterocycles. The van der Waals surface area contributed by atoms with Gasteiger partial charge in [0.15, 0.2) is 5.65 Å². The second kappa shape index (κ2) is 11.4. The van der Waals surface area contributed by atoms with Crippen LogP contribution in [0, 0.1) is 6.92 Å². The fourth-order valence-electron chi connectivity index (χ4n) is 6.41. The number of aryl methyl sites for hydroxylation is 3. The molecule has 6 rings (SSSR count). The molecule has 2 aliphatic rings. The minimum absolute atomic E-state index is 0.0907. The number of nitrogens with zero attached hydrogens (tertiary/aromatic N) is 6. The van der Waals surface area contributed by atoms with Gasteiger partial charge in [-0.1, -0.05) is 62.4 Å². The molecule has 2 aliphatic heterocycles. The Morgan fingerprint density at radius 1 is 1.12 bits per heavy atom. The number of anilines is 1. The summed E-state index contributed by atoms with van der Waals surface area (Å²) in [5.41, 5.74) is 7.73. The molecule has 43 heavy (non-hydrogen) atoms. The zero-order valence-electron chi connectivity index (χ0n) is 25.0. The summed E-state index contributed by atoms with van der Waals surface area (Å²) in [7, 11) is 0. The number of para-hydroxylation sites is 1. The second-order valence-corrected chi connectivity index (χ2v) is 11.6. The Morgan fingerprint density at radius 3 is 2.53 bits per heavy atom. The van der Waals surface area contributed by atoms with Crippen LogP contribution >= 0.6 is 11.6 Å². The normalized spacial score (nSPS) is 16.2. The summed E-state index contributed by atoms with van der Waals surface area (Å²) in [5.74, 6) is 0.422. The second-order valence-electron chi connectivity index (χ2n) is 11.2. The van der Waals surface area contributed by atoms with Gasteiger partial charge in [-0.05, 0) is 61.1 Å². The molecule has 0 spiro atoms. The molecule has 220 valence electrons. The third-order valence-electron chi connectivity index (χ3n) is 8.64. The summed E-state index contributed by atoms with van der Waals surface area (Å²) in [4.78, 5) is 44.8. The number of hydrogen-bond acceptors (Lipinski definition) is 6. The molecule has 0 radical (unpaired) electrons. The van der Waals surface area contributed by atoms with Crippen LogP contribution in [0.4, 0.5) is 5.82 Å². The summed E-state index contributed by atoms with van der Waals surface area (Å²) in [6, 6.07) is 12.1. The van der Waals surface area contributed by atoms with Crippen LogP contribution in [-0.4, -0.2) is 57.2 Å². The van der Waals surface area contributed by atoms with Gasteiger partial charge in [0, 0.05) is 43.0 Å². The van der Waals surface area contributed by atoms with Crippen LogP contribution in [0.25, 0.3) is 28.0 Å². The first-order valence-electron chi connectivity index (χ1n) is 14.8. The Hall–Kier alpha value is -4.30. The molecule has 0 bridgehead atoms. The standard InChI is InChI=1S/C34H35ClN6O2/c1-6-22-10-9-11-23(7-2)31(22)41-33-25(32(38-34(41)43)40-15-14-39(19-21(40)5)28(42)8-3)16-27(35)30(37-33)29-20(4)12-13-24-17-36-18-26(24)29/h8-13,16,18,21H,3,6-7,14-15,17,19H2,1-2,4-5H3/t21-/m0/s1. The minimum atomic E-state index is -0.396. The van der Waals surface area contributed by atoms with Crippen LogP contribution in [0.15, 0.2) is 58.8 Å². The summed E-state index contributed by atoms with van der Waals surface area (Å²) >= 11 is 7.09. The molecule has 1 fully saturated rings. The smallest absolute Gasteiger partial charge is 0.350 e. The van der Waals surface area contributed by atoms with Gasteiger partial charge in [0.05, 0.1) is 28.3 Å². The van der Waals surface area contributed by atoms with Crippen molar-refractivity contribution < 1.29 is 4.79 Å². The number of benzene rings is 2. The Kier molecular flexibility index (Phi) is 7.65. The highest BCUT2D eigenvalue weighted by Crippen LogP contribution is 2.38. The molecule has 9 heteroatoms. The van der Waals surface area contributed by atoms with E-state index < -0.39 is 5.69 Å². The van der Waals surface area contributed by atoms with E-state index in [0.717, 1.165) is 51.9 Å². The highest BCUT2D eigenvalue weighted by molar-refractivity contribution is 6.34. The van der Waals surface area contributed by atoms with Crippen LogP contribution < -0.4 is 10.6 Å². The van der Waals surface area contributed by atoms with Gasteiger partial charge in [-0.15, -0.1) is 0 Å². The number of carbonyl (C=O) groups is 1. The highest BCUT2D eigenvalue weighted by atomic mass is 35.5. The van der Waals surface area contributed by atoms with E-state index in [1.54, 1.807) is 9.47 Å². The van der Waals surface area contributed by atoms with Crippen LogP contribution in [0.5, 0.6) is 0 Å². The summed E-state index contributed by atoms with van der Waals surface area (Å²) in [5, 5.41) is 1.17. The van der Waals surface area contributed by atoms with E-state index in [4.69, 9.17) is 21.6 Å². The van der Waals surface area contributed by atoms with Crippen LogP contribution in [0.3, 0.4) is 0 Å². The first-order chi connectivity index (χ1) is 20.8. The molecule has 4 aromatic rings. The van der Waals surface area contributed by atoms with E-state index in [1.165, 1.54) is 6.08 Å². The van der Waals surface area contributed by atoms with Gasteiger partial charge in [0.1, 0.15) is 5.82 Å². The molecule has 4 heterocycles. The molecule has 2 aromatic heterocycles. The van der Waals surface area contributed by atoms with Gasteiger partial charge in [0.2, 0.25) is 5.91 Å². The van der Waals surface area contributed by atoms with E-state index in [9.17, 15) is 9.59 Å². The number of rotatable bonds is 6. The molecule has 0 aliphatic carbocycles. The lowest BCUT2D eigenvalue weighted by Gasteiger charge is -2.40. The molecule has 1 amide bonds. The molecule has 2 aromatic carbocycles. The summed E-state index contributed by atoms with van der Waals surface area (Å²) in [6.45, 7) is 14.0. The molecular weight excluding hydrogens is 560 g/mol. The first kappa shape index (κ1) is 28.8. The fraction of sp³-hybridized carbons (Fsp3) is 0.324. The molecule has 0 unspecified atom stereocenters. The maximum absolute atomic E-state index is 14.2. The Bertz CT molecular complexity index is 1860. The van der Waals surface area contributed by atoms with E-state index in [1.807, 2.05) is 32.2 Å². The maximum Gasteiger partial charge on any atom is 0.355 e. The van der Waals surface area contributed by atoms with Gasteiger partial charge in [-0.25, -0.2) is 14.3 Å². The average molecular weight is 595 g/mol. The number of aliphatic imine (C=N–C) groups is 1. The van der Waals surface area contributed by atoms with Crippen LogP contribution in [0.1, 0.15) is 48.6 Å². The van der Waals surface area contributed by atoms with Gasteiger partial charge >= 0.3 is 5.69 Å². The third kappa shape index (κ3) is 4.83. The highest BCUT2D eigenvalue weighted by Gasteiger charge is 2.30. The lowest BCUT2D eigenvalue weighted by molar-refractivity contribution is -0.126. The number of aromatic nitrogens is 3. The van der Waals surface area contributed by atoms with E-state index in [2.05, 4.69) is 54.6 Å². The van der Waals surface area contributed by atoms with E-state index in [-0.39, 0.29) is 11.9 Å². The predicted octanol–water partition coefficient (Wildman–Crippen LogP) is 5.69. The van der Waals surface area contributed by atoms with Crippen molar-refractivity contribution >= 4 is 40.6 Å².